The van der Waals surface area contributed by atoms with Gasteiger partial charge in [0.25, 0.3) is 5.78 Å². The summed E-state index contributed by atoms with van der Waals surface area (Å²) in [7, 11) is 2.26. The second-order valence-electron chi connectivity index (χ2n) is 7.23. The van der Waals surface area contributed by atoms with Crippen LogP contribution in [0.15, 0.2) is 0 Å². The van der Waals surface area contributed by atoms with E-state index in [1.807, 2.05) is 15.9 Å². The molecule has 0 aromatic carbocycles. The zero-order valence-electron chi connectivity index (χ0n) is 14.7. The van der Waals surface area contributed by atoms with Gasteiger partial charge in [0.2, 0.25) is 0 Å². The molecule has 0 spiro atoms. The molecule has 0 radical (unpaired) electrons. The second kappa shape index (κ2) is 5.86. The first-order valence-corrected chi connectivity index (χ1v) is 9.98. The predicted octanol–water partition coefficient (Wildman–Crippen LogP) is -1.97. The van der Waals surface area contributed by atoms with Crippen molar-refractivity contribution in [1.82, 2.24) is 25.0 Å². The van der Waals surface area contributed by atoms with Crippen molar-refractivity contribution in [3.63, 3.8) is 0 Å². The van der Waals surface area contributed by atoms with E-state index in [4.69, 9.17) is 4.98 Å². The SMILES string of the molecule is CC[NH+]1CCc2c(sc3c2c(N2CC[NH+](C)CC2)nc2nnnn23)C1. The van der Waals surface area contributed by atoms with Crippen LogP contribution in [0.4, 0.5) is 5.82 Å². The van der Waals surface area contributed by atoms with Crippen LogP contribution in [-0.2, 0) is 13.0 Å². The maximum absolute atomic E-state index is 4.87. The Morgan fingerprint density at radius 3 is 2.84 bits per heavy atom. The number of tetrazole rings is 1. The van der Waals surface area contributed by atoms with Crippen LogP contribution in [0.1, 0.15) is 17.4 Å². The molecule has 0 amide bonds. The number of quaternary nitrogens is 2. The zero-order chi connectivity index (χ0) is 17.0. The summed E-state index contributed by atoms with van der Waals surface area (Å²) in [6, 6.07) is 0. The summed E-state index contributed by atoms with van der Waals surface area (Å²) in [5.74, 6) is 1.72. The standard InChI is InChI=1S/C16H22N8S/c1-3-22-5-4-11-12(10-22)25-15-13(11)14(17-16-18-19-20-24(15)16)23-8-6-21(2)7-9-23/h3-10H2,1-2H3/p+2. The number of aromatic nitrogens is 5. The lowest BCUT2D eigenvalue weighted by molar-refractivity contribution is -0.913. The Bertz CT molecular complexity index is 923. The number of piperazine rings is 1. The lowest BCUT2D eigenvalue weighted by Crippen LogP contribution is -3.12. The monoisotopic (exact) mass is 360 g/mol. The van der Waals surface area contributed by atoms with Crippen molar-refractivity contribution in [2.45, 2.75) is 19.9 Å². The number of thiophene rings is 1. The van der Waals surface area contributed by atoms with E-state index >= 15 is 0 Å². The molecule has 3 aromatic heterocycles. The normalized spacial score (nSPS) is 22.0. The fourth-order valence-corrected chi connectivity index (χ4v) is 5.43. The maximum atomic E-state index is 4.87. The molecule has 1 saturated heterocycles. The van der Waals surface area contributed by atoms with E-state index in [9.17, 15) is 0 Å². The lowest BCUT2D eigenvalue weighted by Gasteiger charge is -2.31. The Balaban J connectivity index is 1.71. The molecule has 8 nitrogen and oxygen atoms in total. The second-order valence-corrected chi connectivity index (χ2v) is 8.32. The number of hydrogen-bond acceptors (Lipinski definition) is 6. The van der Waals surface area contributed by atoms with Crippen molar-refractivity contribution in [2.75, 3.05) is 51.2 Å². The predicted molar refractivity (Wildman–Crippen MR) is 96.6 cm³/mol. The highest BCUT2D eigenvalue weighted by atomic mass is 32.1. The van der Waals surface area contributed by atoms with Crippen LogP contribution in [-0.4, -0.2) is 71.3 Å². The summed E-state index contributed by atoms with van der Waals surface area (Å²) < 4.78 is 1.83. The zero-order valence-corrected chi connectivity index (χ0v) is 15.6. The first-order chi connectivity index (χ1) is 12.2. The van der Waals surface area contributed by atoms with Crippen LogP contribution in [0, 0.1) is 0 Å². The van der Waals surface area contributed by atoms with E-state index in [1.165, 1.54) is 33.7 Å². The molecule has 1 unspecified atom stereocenters. The third kappa shape index (κ3) is 2.41. The smallest absolute Gasteiger partial charge is 0.276 e. The Morgan fingerprint density at radius 2 is 2.04 bits per heavy atom. The van der Waals surface area contributed by atoms with Gasteiger partial charge in [-0.2, -0.15) is 9.50 Å². The van der Waals surface area contributed by atoms with Crippen molar-refractivity contribution in [3.8, 4) is 0 Å². The summed E-state index contributed by atoms with van der Waals surface area (Å²) in [4.78, 5) is 13.2. The minimum Gasteiger partial charge on any atom is -0.345 e. The van der Waals surface area contributed by atoms with Gasteiger partial charge < -0.3 is 14.7 Å². The summed E-state index contributed by atoms with van der Waals surface area (Å²) in [6.07, 6.45) is 1.12. The fraction of sp³-hybridized carbons (Fsp3) is 0.625. The molecule has 1 atom stereocenters. The lowest BCUT2D eigenvalue weighted by atomic mass is 10.0. The van der Waals surface area contributed by atoms with E-state index in [-0.39, 0.29) is 0 Å². The highest BCUT2D eigenvalue weighted by molar-refractivity contribution is 7.19. The molecule has 3 aromatic rings. The van der Waals surface area contributed by atoms with Crippen LogP contribution < -0.4 is 14.7 Å². The Labute approximate surface area is 150 Å². The molecule has 2 aliphatic rings. The van der Waals surface area contributed by atoms with Gasteiger partial charge in [0, 0.05) is 6.42 Å². The summed E-state index contributed by atoms with van der Waals surface area (Å²) >= 11 is 1.86. The molecule has 25 heavy (non-hydrogen) atoms. The number of nitrogens with one attached hydrogen (secondary N) is 2. The van der Waals surface area contributed by atoms with Gasteiger partial charge in [-0.05, 0) is 22.9 Å². The largest absolute Gasteiger partial charge is 0.345 e. The van der Waals surface area contributed by atoms with E-state index in [2.05, 4.69) is 34.4 Å². The van der Waals surface area contributed by atoms with E-state index in [1.54, 1.807) is 9.80 Å². The van der Waals surface area contributed by atoms with Crippen molar-refractivity contribution < 1.29 is 9.80 Å². The molecule has 9 heteroatoms. The number of fused-ring (bicyclic) bond motifs is 5. The molecule has 2 aliphatic heterocycles. The van der Waals surface area contributed by atoms with Crippen molar-refractivity contribution in [2.24, 2.45) is 0 Å². The molecule has 0 saturated carbocycles. The number of likely N-dealkylation sites (N-methyl/N-ethyl adjacent to an activating group) is 2. The minimum atomic E-state index is 0.618. The average Bonchev–Trinajstić information content (AvgIpc) is 3.25. The van der Waals surface area contributed by atoms with Crippen molar-refractivity contribution in [1.29, 1.82) is 0 Å². The molecule has 0 bridgehead atoms. The molecule has 132 valence electrons. The summed E-state index contributed by atoms with van der Waals surface area (Å²) in [6.45, 7) is 10.2. The topological polar surface area (TPSA) is 68.1 Å². The van der Waals surface area contributed by atoms with E-state index in [0.29, 0.717) is 5.78 Å². The Morgan fingerprint density at radius 1 is 1.20 bits per heavy atom. The van der Waals surface area contributed by atoms with Gasteiger partial charge in [0.05, 0.1) is 56.6 Å². The maximum Gasteiger partial charge on any atom is 0.276 e. The highest BCUT2D eigenvalue weighted by Gasteiger charge is 2.29. The van der Waals surface area contributed by atoms with Gasteiger partial charge in [0.15, 0.2) is 0 Å². The van der Waals surface area contributed by atoms with Crippen LogP contribution in [0.5, 0.6) is 0 Å². The molecular weight excluding hydrogens is 336 g/mol. The van der Waals surface area contributed by atoms with Gasteiger partial charge in [-0.3, -0.25) is 0 Å². The van der Waals surface area contributed by atoms with Crippen LogP contribution in [0.25, 0.3) is 16.0 Å². The Kier molecular flexibility index (Phi) is 3.61. The number of nitrogens with zero attached hydrogens (tertiary/aromatic N) is 6. The van der Waals surface area contributed by atoms with Crippen LogP contribution in [0.2, 0.25) is 0 Å². The number of rotatable bonds is 2. The van der Waals surface area contributed by atoms with Gasteiger partial charge in [-0.25, -0.2) is 0 Å². The summed E-state index contributed by atoms with van der Waals surface area (Å²) in [5.41, 5.74) is 1.49. The fourth-order valence-electron chi connectivity index (χ4n) is 4.07. The van der Waals surface area contributed by atoms with Gasteiger partial charge in [-0.1, -0.05) is 5.10 Å². The molecule has 2 N–H and O–H groups in total. The van der Waals surface area contributed by atoms with Crippen LogP contribution >= 0.6 is 11.3 Å². The summed E-state index contributed by atoms with van der Waals surface area (Å²) in [5, 5.41) is 13.5. The third-order valence-corrected chi connectivity index (χ3v) is 6.91. The van der Waals surface area contributed by atoms with Crippen molar-refractivity contribution in [3.05, 3.63) is 10.4 Å². The Hall–Kier alpha value is -1.84. The van der Waals surface area contributed by atoms with E-state index < -0.39 is 0 Å². The molecule has 5 heterocycles. The van der Waals surface area contributed by atoms with Gasteiger partial charge in [-0.15, -0.1) is 11.3 Å². The molecule has 1 fully saturated rings. The third-order valence-electron chi connectivity index (χ3n) is 5.70. The molecular formula is C16H24N8S+2. The minimum absolute atomic E-state index is 0.618. The number of hydrogen-bond donors (Lipinski definition) is 2. The molecule has 0 aliphatic carbocycles. The molecule has 5 rings (SSSR count). The first-order valence-electron chi connectivity index (χ1n) is 9.16. The average molecular weight is 360 g/mol. The number of anilines is 1. The quantitative estimate of drug-likeness (QED) is 0.555. The highest BCUT2D eigenvalue weighted by Crippen LogP contribution is 2.37. The van der Waals surface area contributed by atoms with Crippen molar-refractivity contribution >= 4 is 33.1 Å². The van der Waals surface area contributed by atoms with E-state index in [0.717, 1.165) is 45.0 Å². The van der Waals surface area contributed by atoms with Gasteiger partial charge in [0.1, 0.15) is 17.2 Å². The van der Waals surface area contributed by atoms with Crippen LogP contribution in [0.3, 0.4) is 0 Å². The first kappa shape index (κ1) is 15.4. The van der Waals surface area contributed by atoms with Gasteiger partial charge >= 0.3 is 0 Å².